The zero-order chi connectivity index (χ0) is 48.9. The fraction of sp³-hybridized carbons (Fsp3) is 0.562. The number of phosphoric acid groups is 1. The number of hydrazine groups is 1. The van der Waals surface area contributed by atoms with Gasteiger partial charge in [0.1, 0.15) is 29.8 Å². The van der Waals surface area contributed by atoms with Crippen LogP contribution in [0.25, 0.3) is 5.70 Å². The lowest BCUT2D eigenvalue weighted by atomic mass is 9.83. The van der Waals surface area contributed by atoms with Crippen LogP contribution >= 0.6 is 7.82 Å². The molecule has 1 unspecified atom stereocenters. The van der Waals surface area contributed by atoms with Crippen molar-refractivity contribution in [3.63, 3.8) is 0 Å². The smallest absolute Gasteiger partial charge is 0.453 e. The standard InChI is InChI=1S/C32H42F10N7O13P/c1-29(2,31(37,38)39)21(46-26(52)58-5)23(50)45-11-16(62-28(54)60-14-61-63(55,56)57)12-49(48-24(51)22(47-27(53)59-6)30(3,4)32(40,41)42)13-17-18(33)9-15(10-19(17)34)20(43)7-8-44-25(35)36/h7-10,16,21-22,25H,11-14,43H2,1-6H3,(H,45,50)(H,46,52)(H,47,53)(H,48,51)(H2,55,56,57)/t16-,21?,22-/m1/s1. The van der Waals surface area contributed by atoms with Crippen molar-refractivity contribution in [3.05, 3.63) is 41.0 Å². The molecule has 4 amide bonds. The summed E-state index contributed by atoms with van der Waals surface area (Å²) in [5.74, 6) is -6.59. The van der Waals surface area contributed by atoms with E-state index in [-0.39, 0.29) is 0 Å². The molecule has 1 rings (SSSR count). The Labute approximate surface area is 350 Å². The highest BCUT2D eigenvalue weighted by Crippen LogP contribution is 2.42. The van der Waals surface area contributed by atoms with Crippen molar-refractivity contribution in [2.45, 2.75) is 71.3 Å². The molecule has 0 aromatic heterocycles. The fourth-order valence-corrected chi connectivity index (χ4v) is 4.80. The second-order valence-corrected chi connectivity index (χ2v) is 14.9. The summed E-state index contributed by atoms with van der Waals surface area (Å²) in [7, 11) is -3.87. The first-order chi connectivity index (χ1) is 28.7. The van der Waals surface area contributed by atoms with Gasteiger partial charge in [0.15, 0.2) is 0 Å². The second kappa shape index (κ2) is 22.8. The van der Waals surface area contributed by atoms with Crippen LogP contribution in [-0.4, -0.2) is 122 Å². The molecule has 0 heterocycles. The van der Waals surface area contributed by atoms with Crippen LogP contribution in [0.3, 0.4) is 0 Å². The number of alkyl carbamates (subject to hydrolysis) is 2. The number of alkyl halides is 8. The summed E-state index contributed by atoms with van der Waals surface area (Å²) in [6, 6.07) is -4.14. The van der Waals surface area contributed by atoms with E-state index in [1.807, 2.05) is 10.7 Å². The van der Waals surface area contributed by atoms with Gasteiger partial charge in [0.2, 0.25) is 12.7 Å². The molecular formula is C32H42F10N7O13P. The third-order valence-corrected chi connectivity index (χ3v) is 8.90. The average molecular weight is 954 g/mol. The number of hydrogen-bond donors (Lipinski definition) is 7. The van der Waals surface area contributed by atoms with Gasteiger partial charge in [-0.3, -0.25) is 15.0 Å². The quantitative estimate of drug-likeness (QED) is 0.0143. The number of carbonyl (C=O) groups is 5. The number of nitrogens with one attached hydrogen (secondary N) is 4. The summed E-state index contributed by atoms with van der Waals surface area (Å²) in [6.07, 6.45) is -16.6. The predicted octanol–water partition coefficient (Wildman–Crippen LogP) is 3.72. The molecule has 0 saturated heterocycles. The van der Waals surface area contributed by atoms with Crippen LogP contribution in [-0.2, 0) is 44.2 Å². The van der Waals surface area contributed by atoms with Gasteiger partial charge in [-0.05, 0) is 45.9 Å². The maximum absolute atomic E-state index is 15.6. The lowest BCUT2D eigenvalue weighted by Crippen LogP contribution is -2.62. The van der Waals surface area contributed by atoms with Gasteiger partial charge in [-0.2, -0.15) is 35.1 Å². The normalized spacial score (nSPS) is 14.4. The van der Waals surface area contributed by atoms with Gasteiger partial charge in [0.05, 0.1) is 38.1 Å². The molecule has 0 spiro atoms. The molecule has 3 atom stereocenters. The minimum absolute atomic E-state index is 0.316. The van der Waals surface area contributed by atoms with Gasteiger partial charge in [0, 0.05) is 29.6 Å². The number of aliphatic imine (C=N–C) groups is 1. The molecular weight excluding hydrogens is 911 g/mol. The Morgan fingerprint density at radius 1 is 0.873 bits per heavy atom. The minimum Gasteiger partial charge on any atom is -0.453 e. The Hall–Kier alpha value is -5.45. The molecule has 358 valence electrons. The number of nitrogens with zero attached hydrogens (tertiary/aromatic N) is 2. The van der Waals surface area contributed by atoms with Crippen molar-refractivity contribution in [2.24, 2.45) is 21.6 Å². The number of allylic oxidation sites excluding steroid dienone is 1. The maximum atomic E-state index is 15.6. The number of rotatable bonds is 20. The molecule has 20 nitrogen and oxygen atoms in total. The van der Waals surface area contributed by atoms with Crippen LogP contribution in [0, 0.1) is 22.5 Å². The van der Waals surface area contributed by atoms with Gasteiger partial charge < -0.3 is 50.4 Å². The van der Waals surface area contributed by atoms with Crippen LogP contribution < -0.4 is 27.1 Å². The number of halogens is 10. The SMILES string of the molecule is COC(=O)NC(C(=O)NC[C@H](CN(Cc1c(F)cc(C(N)=CC=NC(F)F)cc1F)NC(=O)[C@@H](NC(=O)OC)C(C)(C)C(F)(F)F)OC(=O)OCOP(=O)(O)O)C(C)(C)C(F)(F)F. The van der Waals surface area contributed by atoms with E-state index in [0.717, 1.165) is 13.2 Å². The number of benzene rings is 1. The average Bonchev–Trinajstić information content (AvgIpc) is 3.13. The molecule has 31 heteroatoms. The van der Waals surface area contributed by atoms with E-state index < -0.39 is 141 Å². The zero-order valence-electron chi connectivity index (χ0n) is 33.5. The molecule has 0 saturated carbocycles. The van der Waals surface area contributed by atoms with Crippen LogP contribution in [0.15, 0.2) is 23.2 Å². The highest BCUT2D eigenvalue weighted by atomic mass is 31.2. The first kappa shape index (κ1) is 55.6. The number of nitrogens with two attached hydrogens (primary N) is 1. The largest absolute Gasteiger partial charge is 0.510 e. The van der Waals surface area contributed by atoms with Gasteiger partial charge in [0.25, 0.3) is 5.91 Å². The lowest BCUT2D eigenvalue weighted by molar-refractivity contribution is -0.221. The summed E-state index contributed by atoms with van der Waals surface area (Å²) in [4.78, 5) is 83.9. The zero-order valence-corrected chi connectivity index (χ0v) is 34.4. The first-order valence-corrected chi connectivity index (χ1v) is 18.7. The summed E-state index contributed by atoms with van der Waals surface area (Å²) < 4.78 is 174. The van der Waals surface area contributed by atoms with E-state index in [1.165, 1.54) is 0 Å². The lowest BCUT2D eigenvalue weighted by Gasteiger charge is -2.37. The molecule has 0 radical (unpaired) electrons. The summed E-state index contributed by atoms with van der Waals surface area (Å²) >= 11 is 0. The van der Waals surface area contributed by atoms with Crippen molar-refractivity contribution in [2.75, 3.05) is 34.1 Å². The summed E-state index contributed by atoms with van der Waals surface area (Å²) in [5.41, 5.74) is -0.861. The van der Waals surface area contributed by atoms with E-state index in [0.29, 0.717) is 58.2 Å². The van der Waals surface area contributed by atoms with Crippen molar-refractivity contribution >= 4 is 49.9 Å². The third kappa shape index (κ3) is 17.3. The molecule has 0 bridgehead atoms. The Morgan fingerprint density at radius 2 is 1.35 bits per heavy atom. The number of hydrogen-bond acceptors (Lipinski definition) is 14. The van der Waals surface area contributed by atoms with E-state index in [9.17, 15) is 63.7 Å². The van der Waals surface area contributed by atoms with Gasteiger partial charge in [-0.15, -0.1) is 0 Å². The Balaban J connectivity index is 3.94. The second-order valence-electron chi connectivity index (χ2n) is 13.7. The number of methoxy groups -OCH3 is 2. The monoisotopic (exact) mass is 953 g/mol. The van der Waals surface area contributed by atoms with Gasteiger partial charge in [-0.1, -0.05) is 0 Å². The fourth-order valence-electron chi connectivity index (χ4n) is 4.61. The summed E-state index contributed by atoms with van der Waals surface area (Å²) in [6.45, 7) is -6.69. The van der Waals surface area contributed by atoms with E-state index in [1.54, 1.807) is 10.6 Å². The van der Waals surface area contributed by atoms with Crippen LogP contribution in [0.1, 0.15) is 38.8 Å². The third-order valence-electron chi connectivity index (χ3n) is 8.46. The Kier molecular flexibility index (Phi) is 20.1. The number of carbonyl (C=O) groups excluding carboxylic acids is 5. The van der Waals surface area contributed by atoms with Crippen LogP contribution in [0.4, 0.5) is 58.3 Å². The maximum Gasteiger partial charge on any atom is 0.510 e. The van der Waals surface area contributed by atoms with E-state index >= 15 is 8.78 Å². The van der Waals surface area contributed by atoms with Gasteiger partial charge in [-0.25, -0.2) is 42.3 Å². The highest BCUT2D eigenvalue weighted by Gasteiger charge is 2.57. The molecule has 0 fully saturated rings. The molecule has 0 aliphatic carbocycles. The van der Waals surface area contributed by atoms with Crippen molar-refractivity contribution in [1.82, 2.24) is 26.4 Å². The van der Waals surface area contributed by atoms with Crippen molar-refractivity contribution in [1.29, 1.82) is 0 Å². The van der Waals surface area contributed by atoms with E-state index in [2.05, 4.69) is 23.7 Å². The Morgan fingerprint density at radius 3 is 1.78 bits per heavy atom. The number of ether oxygens (including phenoxy) is 4. The van der Waals surface area contributed by atoms with Crippen LogP contribution in [0.2, 0.25) is 0 Å². The van der Waals surface area contributed by atoms with Crippen LogP contribution in [0.5, 0.6) is 0 Å². The topological polar surface area (TPSA) is 279 Å². The molecule has 1 aromatic carbocycles. The highest BCUT2D eigenvalue weighted by molar-refractivity contribution is 7.46. The molecule has 8 N–H and O–H groups in total. The van der Waals surface area contributed by atoms with Crippen molar-refractivity contribution < 1.29 is 106 Å². The number of amides is 4. The van der Waals surface area contributed by atoms with Crippen molar-refractivity contribution in [3.8, 4) is 0 Å². The van der Waals surface area contributed by atoms with Gasteiger partial charge >= 0.3 is 45.1 Å². The minimum atomic E-state index is -5.31. The summed E-state index contributed by atoms with van der Waals surface area (Å²) in [5, 5.41) is 5.51. The Bertz CT molecular complexity index is 1870. The molecule has 0 aliphatic rings. The van der Waals surface area contributed by atoms with E-state index in [4.69, 9.17) is 20.3 Å². The number of phosphoric ester groups is 1. The first-order valence-electron chi connectivity index (χ1n) is 17.1. The molecule has 1 aromatic rings. The molecule has 0 aliphatic heterocycles. The predicted molar refractivity (Wildman–Crippen MR) is 192 cm³/mol. The molecule has 63 heavy (non-hydrogen) atoms.